The van der Waals surface area contributed by atoms with Crippen LogP contribution in [0.15, 0.2) is 17.5 Å². The molecular formula is C15H24O2S. The smallest absolute Gasteiger partial charge is 0.348 e. The van der Waals surface area contributed by atoms with Crippen molar-refractivity contribution in [3.63, 3.8) is 0 Å². The van der Waals surface area contributed by atoms with Crippen molar-refractivity contribution in [2.45, 2.75) is 59.0 Å². The van der Waals surface area contributed by atoms with Crippen LogP contribution in [0.3, 0.4) is 0 Å². The summed E-state index contributed by atoms with van der Waals surface area (Å²) < 4.78 is 5.55. The van der Waals surface area contributed by atoms with E-state index in [1.807, 2.05) is 17.5 Å². The molecule has 0 spiro atoms. The Hall–Kier alpha value is -0.830. The van der Waals surface area contributed by atoms with Crippen LogP contribution in [-0.2, 0) is 4.74 Å². The maximum atomic E-state index is 11.8. The van der Waals surface area contributed by atoms with Gasteiger partial charge in [0.1, 0.15) is 11.0 Å². The van der Waals surface area contributed by atoms with Crippen LogP contribution >= 0.6 is 11.3 Å². The van der Waals surface area contributed by atoms with Crippen LogP contribution in [0.2, 0.25) is 0 Å². The molecule has 0 saturated heterocycles. The Morgan fingerprint density at radius 3 is 2.44 bits per heavy atom. The fraction of sp³-hybridized carbons (Fsp3) is 0.667. The lowest BCUT2D eigenvalue weighted by atomic mass is 9.95. The lowest BCUT2D eigenvalue weighted by Crippen LogP contribution is -2.18. The quantitative estimate of drug-likeness (QED) is 0.627. The van der Waals surface area contributed by atoms with Crippen LogP contribution in [-0.4, -0.2) is 12.1 Å². The summed E-state index contributed by atoms with van der Waals surface area (Å²) in [4.78, 5) is 12.6. The van der Waals surface area contributed by atoms with Gasteiger partial charge in [-0.15, -0.1) is 11.3 Å². The lowest BCUT2D eigenvalue weighted by Gasteiger charge is -2.18. The second-order valence-electron chi connectivity index (χ2n) is 4.67. The number of rotatable bonds is 8. The van der Waals surface area contributed by atoms with Gasteiger partial charge in [-0.05, 0) is 36.6 Å². The molecular weight excluding hydrogens is 244 g/mol. The molecule has 3 heteroatoms. The Bertz CT molecular complexity index is 328. The van der Waals surface area contributed by atoms with Gasteiger partial charge in [-0.25, -0.2) is 4.79 Å². The Labute approximate surface area is 114 Å². The molecule has 1 heterocycles. The van der Waals surface area contributed by atoms with E-state index in [2.05, 4.69) is 20.8 Å². The van der Waals surface area contributed by atoms with Crippen molar-refractivity contribution in [3.05, 3.63) is 22.4 Å². The van der Waals surface area contributed by atoms with E-state index in [1.54, 1.807) is 0 Å². The molecule has 1 aromatic heterocycles. The van der Waals surface area contributed by atoms with Gasteiger partial charge in [-0.3, -0.25) is 0 Å². The fourth-order valence-corrected chi connectivity index (χ4v) is 2.67. The first kappa shape index (κ1) is 15.2. The van der Waals surface area contributed by atoms with E-state index >= 15 is 0 Å². The monoisotopic (exact) mass is 268 g/mol. The highest BCUT2D eigenvalue weighted by molar-refractivity contribution is 7.11. The van der Waals surface area contributed by atoms with E-state index in [0.717, 1.165) is 25.2 Å². The van der Waals surface area contributed by atoms with Crippen LogP contribution in [0.25, 0.3) is 0 Å². The maximum Gasteiger partial charge on any atom is 0.348 e. The number of hydrogen-bond donors (Lipinski definition) is 0. The van der Waals surface area contributed by atoms with Crippen LogP contribution in [0.1, 0.15) is 62.5 Å². The Morgan fingerprint density at radius 2 is 1.94 bits per heavy atom. The van der Waals surface area contributed by atoms with Crippen molar-refractivity contribution in [1.82, 2.24) is 0 Å². The van der Waals surface area contributed by atoms with E-state index in [1.165, 1.54) is 24.2 Å². The Morgan fingerprint density at radius 1 is 1.22 bits per heavy atom. The summed E-state index contributed by atoms with van der Waals surface area (Å²) in [5.74, 6) is 0.598. The zero-order valence-corrected chi connectivity index (χ0v) is 12.5. The standard InChI is InChI=1S/C15H24O2S/c1-4-12(5-2)9-10-13(6-3)17-15(16)14-8-7-11-18-14/h7-8,11-13H,4-6,9-10H2,1-3H3. The molecule has 1 aromatic rings. The van der Waals surface area contributed by atoms with E-state index in [4.69, 9.17) is 4.74 Å². The van der Waals surface area contributed by atoms with Crippen molar-refractivity contribution in [2.75, 3.05) is 0 Å². The molecule has 0 radical (unpaired) electrons. The first-order valence-corrected chi connectivity index (χ1v) is 7.83. The van der Waals surface area contributed by atoms with Crippen molar-refractivity contribution >= 4 is 17.3 Å². The summed E-state index contributed by atoms with van der Waals surface area (Å²) in [6.07, 6.45) is 5.54. The third kappa shape index (κ3) is 4.81. The first-order chi connectivity index (χ1) is 8.71. The molecule has 0 aliphatic rings. The van der Waals surface area contributed by atoms with Crippen molar-refractivity contribution in [3.8, 4) is 0 Å². The highest BCUT2D eigenvalue weighted by Crippen LogP contribution is 2.20. The molecule has 0 fully saturated rings. The summed E-state index contributed by atoms with van der Waals surface area (Å²) in [6.45, 7) is 6.54. The first-order valence-electron chi connectivity index (χ1n) is 6.95. The predicted octanol–water partition coefficient (Wildman–Crippen LogP) is 4.90. The summed E-state index contributed by atoms with van der Waals surface area (Å²) in [7, 11) is 0. The summed E-state index contributed by atoms with van der Waals surface area (Å²) in [6, 6.07) is 3.70. The Balaban J connectivity index is 2.40. The van der Waals surface area contributed by atoms with Gasteiger partial charge in [0.2, 0.25) is 0 Å². The number of hydrogen-bond acceptors (Lipinski definition) is 3. The fourth-order valence-electron chi connectivity index (χ4n) is 2.07. The Kier molecular flexibility index (Phi) is 7.02. The number of ether oxygens (including phenoxy) is 1. The third-order valence-electron chi connectivity index (χ3n) is 3.50. The molecule has 0 saturated carbocycles. The van der Waals surface area contributed by atoms with Gasteiger partial charge >= 0.3 is 5.97 Å². The molecule has 1 unspecified atom stereocenters. The van der Waals surface area contributed by atoms with Gasteiger partial charge < -0.3 is 4.74 Å². The highest BCUT2D eigenvalue weighted by Gasteiger charge is 2.16. The SMILES string of the molecule is CCC(CC)CCC(CC)OC(=O)c1cccs1. The molecule has 1 atom stereocenters. The average Bonchev–Trinajstić information content (AvgIpc) is 2.92. The van der Waals surface area contributed by atoms with Gasteiger partial charge in [0.05, 0.1) is 0 Å². The highest BCUT2D eigenvalue weighted by atomic mass is 32.1. The van der Waals surface area contributed by atoms with Gasteiger partial charge in [-0.2, -0.15) is 0 Å². The topological polar surface area (TPSA) is 26.3 Å². The van der Waals surface area contributed by atoms with E-state index < -0.39 is 0 Å². The zero-order chi connectivity index (χ0) is 13.4. The van der Waals surface area contributed by atoms with Crippen LogP contribution in [0, 0.1) is 5.92 Å². The summed E-state index contributed by atoms with van der Waals surface area (Å²) >= 11 is 1.44. The molecule has 0 aliphatic carbocycles. The van der Waals surface area contributed by atoms with Crippen LogP contribution in [0.5, 0.6) is 0 Å². The van der Waals surface area contributed by atoms with Gasteiger partial charge in [0.15, 0.2) is 0 Å². The van der Waals surface area contributed by atoms with E-state index in [0.29, 0.717) is 4.88 Å². The number of carbonyl (C=O) groups excluding carboxylic acids is 1. The largest absolute Gasteiger partial charge is 0.458 e. The second-order valence-corrected chi connectivity index (χ2v) is 5.62. The predicted molar refractivity (Wildman–Crippen MR) is 77.1 cm³/mol. The molecule has 0 aromatic carbocycles. The van der Waals surface area contributed by atoms with Crippen molar-refractivity contribution in [1.29, 1.82) is 0 Å². The van der Waals surface area contributed by atoms with Gasteiger partial charge in [0, 0.05) is 0 Å². The third-order valence-corrected chi connectivity index (χ3v) is 4.35. The average molecular weight is 268 g/mol. The molecule has 18 heavy (non-hydrogen) atoms. The van der Waals surface area contributed by atoms with Crippen LogP contribution < -0.4 is 0 Å². The molecule has 0 aliphatic heterocycles. The van der Waals surface area contributed by atoms with Crippen molar-refractivity contribution in [2.24, 2.45) is 5.92 Å². The second kappa shape index (κ2) is 8.30. The molecule has 0 amide bonds. The number of carbonyl (C=O) groups is 1. The van der Waals surface area contributed by atoms with E-state index in [9.17, 15) is 4.79 Å². The zero-order valence-electron chi connectivity index (χ0n) is 11.6. The molecule has 0 bridgehead atoms. The minimum atomic E-state index is -0.165. The lowest BCUT2D eigenvalue weighted by molar-refractivity contribution is 0.0262. The van der Waals surface area contributed by atoms with Crippen molar-refractivity contribution < 1.29 is 9.53 Å². The number of thiophene rings is 1. The summed E-state index contributed by atoms with van der Waals surface area (Å²) in [5.41, 5.74) is 0. The molecule has 0 N–H and O–H groups in total. The van der Waals surface area contributed by atoms with Gasteiger partial charge in [0.25, 0.3) is 0 Å². The minimum Gasteiger partial charge on any atom is -0.458 e. The summed E-state index contributed by atoms with van der Waals surface area (Å²) in [5, 5.41) is 1.90. The molecule has 102 valence electrons. The maximum absolute atomic E-state index is 11.8. The molecule has 1 rings (SSSR count). The number of esters is 1. The van der Waals surface area contributed by atoms with Crippen LogP contribution in [0.4, 0.5) is 0 Å². The van der Waals surface area contributed by atoms with Gasteiger partial charge in [-0.1, -0.05) is 39.7 Å². The van der Waals surface area contributed by atoms with E-state index in [-0.39, 0.29) is 12.1 Å². The molecule has 2 nitrogen and oxygen atoms in total. The minimum absolute atomic E-state index is 0.0696. The normalized spacial score (nSPS) is 12.7.